The first-order valence-corrected chi connectivity index (χ1v) is 7.49. The van der Waals surface area contributed by atoms with Gasteiger partial charge in [0.15, 0.2) is 0 Å². The fourth-order valence-corrected chi connectivity index (χ4v) is 2.82. The van der Waals surface area contributed by atoms with E-state index in [1.165, 1.54) is 32.5 Å². The molecule has 1 heterocycles. The van der Waals surface area contributed by atoms with Crippen molar-refractivity contribution in [2.24, 2.45) is 5.92 Å². The number of piperidine rings is 1. The monoisotopic (exact) mass is 281 g/mol. The molecule has 1 aromatic rings. The highest BCUT2D eigenvalue weighted by molar-refractivity contribution is 6.33. The maximum absolute atomic E-state index is 6.07. The zero-order valence-electron chi connectivity index (χ0n) is 11.9. The Hall–Kier alpha value is -0.930. The molecular formula is C15H24ClN3. The van der Waals surface area contributed by atoms with Gasteiger partial charge in [-0.15, -0.1) is 0 Å². The van der Waals surface area contributed by atoms with E-state index in [-0.39, 0.29) is 0 Å². The number of anilines is 2. The van der Waals surface area contributed by atoms with Gasteiger partial charge in [0.05, 0.1) is 10.7 Å². The van der Waals surface area contributed by atoms with Crippen molar-refractivity contribution in [2.75, 3.05) is 37.2 Å². The molecule has 106 valence electrons. The summed E-state index contributed by atoms with van der Waals surface area (Å²) in [6.45, 7) is 8.95. The average molecular weight is 282 g/mol. The van der Waals surface area contributed by atoms with Gasteiger partial charge in [-0.3, -0.25) is 0 Å². The quantitative estimate of drug-likeness (QED) is 0.832. The van der Waals surface area contributed by atoms with Gasteiger partial charge in [0.2, 0.25) is 0 Å². The molecule has 1 saturated heterocycles. The highest BCUT2D eigenvalue weighted by Gasteiger charge is 2.17. The second-order valence-corrected chi connectivity index (χ2v) is 5.85. The van der Waals surface area contributed by atoms with Crippen molar-refractivity contribution >= 4 is 23.0 Å². The van der Waals surface area contributed by atoms with Gasteiger partial charge >= 0.3 is 0 Å². The molecule has 0 saturated carbocycles. The molecule has 1 aliphatic rings. The van der Waals surface area contributed by atoms with E-state index < -0.39 is 0 Å². The van der Waals surface area contributed by atoms with Crippen molar-refractivity contribution in [3.05, 3.63) is 22.7 Å². The van der Waals surface area contributed by atoms with Crippen LogP contribution in [0.4, 0.5) is 11.4 Å². The van der Waals surface area contributed by atoms with Crippen molar-refractivity contribution in [1.82, 2.24) is 4.90 Å². The lowest BCUT2D eigenvalue weighted by atomic mass is 9.96. The predicted molar refractivity (Wildman–Crippen MR) is 83.9 cm³/mol. The van der Waals surface area contributed by atoms with E-state index in [0.717, 1.165) is 23.7 Å². The first kappa shape index (κ1) is 14.5. The Morgan fingerprint density at radius 2 is 2.05 bits per heavy atom. The molecule has 19 heavy (non-hydrogen) atoms. The van der Waals surface area contributed by atoms with Crippen LogP contribution in [0.1, 0.15) is 25.3 Å². The molecule has 0 bridgehead atoms. The maximum Gasteiger partial charge on any atom is 0.0656 e. The Morgan fingerprint density at radius 3 is 2.68 bits per heavy atom. The van der Waals surface area contributed by atoms with Gasteiger partial charge in [0.1, 0.15) is 0 Å². The minimum absolute atomic E-state index is 0.633. The summed E-state index contributed by atoms with van der Waals surface area (Å²) < 4.78 is 0. The third-order valence-corrected chi connectivity index (χ3v) is 4.41. The fraction of sp³-hybridized carbons (Fsp3) is 0.600. The van der Waals surface area contributed by atoms with Gasteiger partial charge < -0.3 is 16.0 Å². The maximum atomic E-state index is 6.07. The highest BCUT2D eigenvalue weighted by Crippen LogP contribution is 2.27. The molecule has 1 aliphatic heterocycles. The molecule has 0 atom stereocenters. The summed E-state index contributed by atoms with van der Waals surface area (Å²) in [6, 6.07) is 3.87. The number of hydrogen-bond acceptors (Lipinski definition) is 3. The highest BCUT2D eigenvalue weighted by atomic mass is 35.5. The van der Waals surface area contributed by atoms with Gasteiger partial charge in [0, 0.05) is 12.2 Å². The minimum Gasteiger partial charge on any atom is -0.398 e. The van der Waals surface area contributed by atoms with E-state index in [4.69, 9.17) is 17.3 Å². The molecular weight excluding hydrogens is 258 g/mol. The summed E-state index contributed by atoms with van der Waals surface area (Å²) in [5.41, 5.74) is 8.72. The van der Waals surface area contributed by atoms with Crippen molar-refractivity contribution < 1.29 is 0 Å². The molecule has 0 unspecified atom stereocenters. The Morgan fingerprint density at radius 1 is 1.37 bits per heavy atom. The molecule has 0 spiro atoms. The number of likely N-dealkylation sites (tertiary alicyclic amines) is 1. The summed E-state index contributed by atoms with van der Waals surface area (Å²) in [6.07, 6.45) is 2.56. The first-order valence-electron chi connectivity index (χ1n) is 7.12. The molecule has 1 fully saturated rings. The molecule has 4 heteroatoms. The third-order valence-electron chi connectivity index (χ3n) is 4.08. The second kappa shape index (κ2) is 6.49. The van der Waals surface area contributed by atoms with Crippen LogP contribution in [0.25, 0.3) is 0 Å². The van der Waals surface area contributed by atoms with Crippen molar-refractivity contribution in [3.63, 3.8) is 0 Å². The van der Waals surface area contributed by atoms with Crippen molar-refractivity contribution in [2.45, 2.75) is 26.7 Å². The average Bonchev–Trinajstić information content (AvgIpc) is 2.42. The predicted octanol–water partition coefficient (Wildman–Crippen LogP) is 3.37. The van der Waals surface area contributed by atoms with Crippen LogP contribution >= 0.6 is 11.6 Å². The van der Waals surface area contributed by atoms with E-state index in [1.54, 1.807) is 0 Å². The summed E-state index contributed by atoms with van der Waals surface area (Å²) in [5, 5.41) is 4.16. The van der Waals surface area contributed by atoms with E-state index in [2.05, 4.69) is 24.1 Å². The van der Waals surface area contributed by atoms with Crippen LogP contribution in [0.15, 0.2) is 12.1 Å². The number of nitrogens with zero attached hydrogens (tertiary/aromatic N) is 1. The Bertz CT molecular complexity index is 426. The van der Waals surface area contributed by atoms with E-state index >= 15 is 0 Å². The number of nitrogens with two attached hydrogens (primary N) is 1. The molecule has 3 N–H and O–H groups in total. The van der Waals surface area contributed by atoms with Gasteiger partial charge in [-0.2, -0.15) is 0 Å². The zero-order valence-corrected chi connectivity index (χ0v) is 12.6. The van der Waals surface area contributed by atoms with E-state index in [9.17, 15) is 0 Å². The summed E-state index contributed by atoms with van der Waals surface area (Å²) in [7, 11) is 0. The summed E-state index contributed by atoms with van der Waals surface area (Å²) in [5.74, 6) is 0.763. The first-order chi connectivity index (χ1) is 9.10. The molecule has 0 aliphatic carbocycles. The van der Waals surface area contributed by atoms with E-state index in [1.807, 2.05) is 12.1 Å². The Kier molecular flexibility index (Phi) is 4.94. The number of rotatable bonds is 4. The molecule has 1 aromatic carbocycles. The third kappa shape index (κ3) is 3.77. The lowest BCUT2D eigenvalue weighted by Gasteiger charge is -2.31. The Labute approximate surface area is 121 Å². The minimum atomic E-state index is 0.633. The molecule has 3 nitrogen and oxygen atoms in total. The number of benzene rings is 1. The number of hydrogen-bond donors (Lipinski definition) is 2. The topological polar surface area (TPSA) is 41.3 Å². The lowest BCUT2D eigenvalue weighted by Crippen LogP contribution is -2.35. The van der Waals surface area contributed by atoms with Crippen LogP contribution in [-0.2, 0) is 0 Å². The second-order valence-electron chi connectivity index (χ2n) is 5.45. The van der Waals surface area contributed by atoms with Gasteiger partial charge in [0.25, 0.3) is 0 Å². The molecule has 0 amide bonds. The van der Waals surface area contributed by atoms with Crippen LogP contribution in [-0.4, -0.2) is 31.1 Å². The van der Waals surface area contributed by atoms with Gasteiger partial charge in [-0.05, 0) is 63.0 Å². The summed E-state index contributed by atoms with van der Waals surface area (Å²) >= 11 is 6.07. The SMILES string of the molecule is CCN1CCC(CNc2cc(Cl)c(N)cc2C)CC1. The van der Waals surface area contributed by atoms with Gasteiger partial charge in [-0.1, -0.05) is 18.5 Å². The number of aryl methyl sites for hydroxylation is 1. The zero-order chi connectivity index (χ0) is 13.8. The van der Waals surface area contributed by atoms with Crippen LogP contribution in [0.5, 0.6) is 0 Å². The van der Waals surface area contributed by atoms with Gasteiger partial charge in [-0.25, -0.2) is 0 Å². The number of halogens is 1. The fourth-order valence-electron chi connectivity index (χ4n) is 2.66. The number of nitrogens with one attached hydrogen (secondary N) is 1. The van der Waals surface area contributed by atoms with Crippen LogP contribution < -0.4 is 11.1 Å². The van der Waals surface area contributed by atoms with Crippen LogP contribution in [0.3, 0.4) is 0 Å². The normalized spacial score (nSPS) is 17.6. The largest absolute Gasteiger partial charge is 0.398 e. The van der Waals surface area contributed by atoms with E-state index in [0.29, 0.717) is 10.7 Å². The molecule has 0 radical (unpaired) electrons. The van der Waals surface area contributed by atoms with Crippen LogP contribution in [0.2, 0.25) is 5.02 Å². The smallest absolute Gasteiger partial charge is 0.0656 e. The number of nitrogen functional groups attached to an aromatic ring is 1. The Balaban J connectivity index is 1.88. The lowest BCUT2D eigenvalue weighted by molar-refractivity contribution is 0.198. The van der Waals surface area contributed by atoms with Crippen molar-refractivity contribution in [1.29, 1.82) is 0 Å². The molecule has 0 aromatic heterocycles. The van der Waals surface area contributed by atoms with Crippen LogP contribution in [0, 0.1) is 12.8 Å². The molecule has 2 rings (SSSR count). The standard InChI is InChI=1S/C15H24ClN3/c1-3-19-6-4-12(5-7-19)10-18-15-9-13(16)14(17)8-11(15)2/h8-9,12,18H,3-7,10,17H2,1-2H3. The van der Waals surface area contributed by atoms with Crippen molar-refractivity contribution in [3.8, 4) is 0 Å². The summed E-state index contributed by atoms with van der Waals surface area (Å²) in [4.78, 5) is 2.52.